The maximum atomic E-state index is 11.1. The van der Waals surface area contributed by atoms with Crippen LogP contribution in [0, 0.1) is 0 Å². The highest BCUT2D eigenvalue weighted by Crippen LogP contribution is 2.20. The molecule has 0 N–H and O–H groups in total. The van der Waals surface area contributed by atoms with Crippen LogP contribution >= 0.6 is 0 Å². The quantitative estimate of drug-likeness (QED) is 0.0573. The van der Waals surface area contributed by atoms with Gasteiger partial charge in [-0.05, 0) is 58.5 Å². The van der Waals surface area contributed by atoms with E-state index in [-0.39, 0.29) is 18.2 Å². The molecule has 208 valence electrons. The van der Waals surface area contributed by atoms with Crippen molar-refractivity contribution in [3.05, 3.63) is 12.2 Å². The van der Waals surface area contributed by atoms with Gasteiger partial charge < -0.3 is 13.6 Å². The van der Waals surface area contributed by atoms with E-state index >= 15 is 0 Å². The van der Waals surface area contributed by atoms with Crippen molar-refractivity contribution in [1.29, 1.82) is 0 Å². The first kappa shape index (κ1) is 34.6. The minimum atomic E-state index is -1.60. The van der Waals surface area contributed by atoms with Crippen LogP contribution in [0.1, 0.15) is 110 Å². The van der Waals surface area contributed by atoms with E-state index in [9.17, 15) is 4.79 Å². The molecule has 0 radical (unpaired) electrons. The van der Waals surface area contributed by atoms with E-state index in [4.69, 9.17) is 13.6 Å². The first-order valence-electron chi connectivity index (χ1n) is 14.6. The first-order valence-corrected chi connectivity index (χ1v) is 21.4. The molecule has 0 saturated carbocycles. The van der Waals surface area contributed by atoms with Gasteiger partial charge in [0.2, 0.25) is 0 Å². The zero-order chi connectivity index (χ0) is 26.6. The predicted molar refractivity (Wildman–Crippen MR) is 157 cm³/mol. The molecular formula is C29H60O4Si2. The highest BCUT2D eigenvalue weighted by Gasteiger charge is 2.22. The molecule has 2 atom stereocenters. The second kappa shape index (κ2) is 20.6. The molecule has 0 spiro atoms. The summed E-state index contributed by atoms with van der Waals surface area (Å²) in [6.07, 6.45) is 24.1. The second-order valence-corrected chi connectivity index (χ2v) is 21.0. The van der Waals surface area contributed by atoms with Crippen molar-refractivity contribution in [3.63, 3.8) is 0 Å². The van der Waals surface area contributed by atoms with Gasteiger partial charge in [0.15, 0.2) is 16.6 Å². The Morgan fingerprint density at radius 3 is 1.37 bits per heavy atom. The number of hydrogen-bond donors (Lipinski definition) is 0. The largest absolute Gasteiger partial charge is 0.469 e. The van der Waals surface area contributed by atoms with Crippen molar-refractivity contribution in [3.8, 4) is 0 Å². The van der Waals surface area contributed by atoms with Crippen LogP contribution in [-0.2, 0) is 18.4 Å². The number of carbonyl (C=O) groups excluding carboxylic acids is 1. The summed E-state index contributed by atoms with van der Waals surface area (Å²) in [5.41, 5.74) is 0. The monoisotopic (exact) mass is 528 g/mol. The van der Waals surface area contributed by atoms with Crippen molar-refractivity contribution in [2.45, 2.75) is 161 Å². The number of hydrogen-bond acceptors (Lipinski definition) is 4. The molecule has 0 aliphatic rings. The Labute approximate surface area is 221 Å². The van der Waals surface area contributed by atoms with E-state index < -0.39 is 16.6 Å². The normalized spacial score (nSPS) is 14.4. The Balaban J connectivity index is 4.48. The lowest BCUT2D eigenvalue weighted by atomic mass is 10.0. The van der Waals surface area contributed by atoms with Gasteiger partial charge in [0, 0.05) is 6.42 Å². The lowest BCUT2D eigenvalue weighted by Gasteiger charge is -2.27. The topological polar surface area (TPSA) is 44.8 Å². The lowest BCUT2D eigenvalue weighted by molar-refractivity contribution is -0.140. The third kappa shape index (κ3) is 25.0. The van der Waals surface area contributed by atoms with Gasteiger partial charge in [-0.25, -0.2) is 0 Å². The summed E-state index contributed by atoms with van der Waals surface area (Å²) in [6, 6.07) is 0. The lowest BCUT2D eigenvalue weighted by Crippen LogP contribution is -2.33. The molecule has 0 unspecified atom stereocenters. The molecule has 0 heterocycles. The first-order chi connectivity index (χ1) is 16.5. The van der Waals surface area contributed by atoms with Crippen molar-refractivity contribution in [2.24, 2.45) is 0 Å². The second-order valence-electron chi connectivity index (χ2n) is 12.1. The van der Waals surface area contributed by atoms with E-state index in [1.807, 2.05) is 0 Å². The molecule has 0 fully saturated rings. The smallest absolute Gasteiger partial charge is 0.305 e. The summed E-state index contributed by atoms with van der Waals surface area (Å²) in [5.74, 6) is -0.0838. The van der Waals surface area contributed by atoms with Gasteiger partial charge in [0.25, 0.3) is 0 Å². The molecule has 0 aliphatic heterocycles. The summed E-state index contributed by atoms with van der Waals surface area (Å²) in [7, 11) is -1.72. The number of rotatable bonds is 23. The van der Waals surface area contributed by atoms with Crippen molar-refractivity contribution in [1.82, 2.24) is 0 Å². The fourth-order valence-electron chi connectivity index (χ4n) is 4.27. The molecule has 0 amide bonds. The van der Waals surface area contributed by atoms with Crippen molar-refractivity contribution in [2.75, 3.05) is 7.11 Å². The average Bonchev–Trinajstić information content (AvgIpc) is 2.75. The van der Waals surface area contributed by atoms with Crippen LogP contribution in [0.25, 0.3) is 0 Å². The number of unbranched alkanes of at least 4 members (excludes halogenated alkanes) is 11. The minimum absolute atomic E-state index is 0.0838. The van der Waals surface area contributed by atoms with Crippen LogP contribution < -0.4 is 0 Å². The molecule has 0 rings (SSSR count). The average molecular weight is 529 g/mol. The molecule has 35 heavy (non-hydrogen) atoms. The zero-order valence-electron chi connectivity index (χ0n) is 24.8. The van der Waals surface area contributed by atoms with Crippen LogP contribution in [0.15, 0.2) is 12.2 Å². The third-order valence-corrected chi connectivity index (χ3v) is 8.01. The van der Waals surface area contributed by atoms with Crippen LogP contribution in [0.4, 0.5) is 0 Å². The minimum Gasteiger partial charge on any atom is -0.469 e. The summed E-state index contributed by atoms with van der Waals surface area (Å²) < 4.78 is 17.8. The Kier molecular flexibility index (Phi) is 20.3. The van der Waals surface area contributed by atoms with Crippen molar-refractivity contribution >= 4 is 22.6 Å². The van der Waals surface area contributed by atoms with Crippen LogP contribution in [-0.4, -0.2) is 41.9 Å². The number of ether oxygens (including phenoxy) is 1. The summed E-state index contributed by atoms with van der Waals surface area (Å²) >= 11 is 0. The molecule has 0 aromatic rings. The van der Waals surface area contributed by atoms with E-state index in [2.05, 4.69) is 58.4 Å². The van der Waals surface area contributed by atoms with Gasteiger partial charge in [0.05, 0.1) is 19.3 Å². The maximum absolute atomic E-state index is 11.1. The van der Waals surface area contributed by atoms with E-state index in [0.29, 0.717) is 6.42 Å². The van der Waals surface area contributed by atoms with Crippen LogP contribution in [0.2, 0.25) is 39.3 Å². The molecule has 0 saturated heterocycles. The van der Waals surface area contributed by atoms with Gasteiger partial charge in [-0.2, -0.15) is 0 Å². The number of esters is 1. The number of methoxy groups -OCH3 is 1. The van der Waals surface area contributed by atoms with Gasteiger partial charge >= 0.3 is 5.97 Å². The van der Waals surface area contributed by atoms with Crippen molar-refractivity contribution < 1.29 is 18.4 Å². The Morgan fingerprint density at radius 2 is 1.00 bits per heavy atom. The molecular weight excluding hydrogens is 468 g/mol. The Bertz CT molecular complexity index is 538. The molecule has 6 heteroatoms. The summed E-state index contributed by atoms with van der Waals surface area (Å²) in [4.78, 5) is 11.1. The Hall–Kier alpha value is -0.436. The molecule has 0 aliphatic carbocycles. The maximum Gasteiger partial charge on any atom is 0.305 e. The Morgan fingerprint density at radius 1 is 0.629 bits per heavy atom. The molecule has 0 aromatic carbocycles. The van der Waals surface area contributed by atoms with Gasteiger partial charge in [-0.15, -0.1) is 0 Å². The van der Waals surface area contributed by atoms with Gasteiger partial charge in [-0.3, -0.25) is 4.79 Å². The SMILES string of the molecule is CCCCCCC[C@@H](/C=C/[C@H](CCCCCCCCCCC(=O)OC)O[Si](C)(C)C)O[Si](C)(C)C. The molecule has 0 bridgehead atoms. The fraction of sp³-hybridized carbons (Fsp3) is 0.897. The van der Waals surface area contributed by atoms with E-state index in [0.717, 1.165) is 25.7 Å². The fourth-order valence-corrected chi connectivity index (χ4v) is 6.48. The van der Waals surface area contributed by atoms with E-state index in [1.54, 1.807) is 0 Å². The summed E-state index contributed by atoms with van der Waals surface area (Å²) in [6.45, 7) is 16.0. The molecule has 4 nitrogen and oxygen atoms in total. The molecule has 0 aromatic heterocycles. The van der Waals surface area contributed by atoms with Crippen LogP contribution in [0.3, 0.4) is 0 Å². The highest BCUT2D eigenvalue weighted by molar-refractivity contribution is 6.70. The predicted octanol–water partition coefficient (Wildman–Crippen LogP) is 9.42. The van der Waals surface area contributed by atoms with Gasteiger partial charge in [-0.1, -0.05) is 96.1 Å². The zero-order valence-corrected chi connectivity index (χ0v) is 26.8. The summed E-state index contributed by atoms with van der Waals surface area (Å²) in [5, 5.41) is 0. The highest BCUT2D eigenvalue weighted by atomic mass is 28.4. The number of carbonyl (C=O) groups is 1. The third-order valence-electron chi connectivity index (χ3n) is 5.99. The van der Waals surface area contributed by atoms with E-state index in [1.165, 1.54) is 77.7 Å². The standard InChI is InChI=1S/C29H60O4Si2/c1-9-10-11-16-19-22-27(32-34(3,4)5)25-26-28(33-35(6,7)8)23-20-17-14-12-13-15-18-21-24-29(30)31-2/h25-28H,9-24H2,1-8H3/b26-25+/t27-,28-/m0/s1. The van der Waals surface area contributed by atoms with Crippen LogP contribution in [0.5, 0.6) is 0 Å². The van der Waals surface area contributed by atoms with Gasteiger partial charge in [0.1, 0.15) is 0 Å².